The van der Waals surface area contributed by atoms with Crippen molar-refractivity contribution in [2.75, 3.05) is 6.61 Å². The number of amides is 4. The molecule has 0 saturated heterocycles. The maximum atomic E-state index is 12.4. The van der Waals surface area contributed by atoms with Crippen LogP contribution in [-0.2, 0) is 33.6 Å². The Hall–Kier alpha value is -3.79. The summed E-state index contributed by atoms with van der Waals surface area (Å²) in [6.07, 6.45) is -2.60. The molecule has 0 aromatic carbocycles. The van der Waals surface area contributed by atoms with Gasteiger partial charge in [0.2, 0.25) is 23.6 Å². The van der Waals surface area contributed by atoms with Crippen molar-refractivity contribution in [3.63, 3.8) is 0 Å². The Balaban J connectivity index is 5.37. The molecule has 180 valence electrons. The van der Waals surface area contributed by atoms with Crippen molar-refractivity contribution in [2.24, 2.45) is 11.5 Å². The van der Waals surface area contributed by atoms with E-state index in [4.69, 9.17) is 26.8 Å². The van der Waals surface area contributed by atoms with Crippen molar-refractivity contribution in [3.8, 4) is 0 Å². The van der Waals surface area contributed by atoms with Crippen LogP contribution in [0.3, 0.4) is 0 Å². The van der Waals surface area contributed by atoms with Crippen molar-refractivity contribution >= 4 is 41.5 Å². The Bertz CT molecular complexity index is 757. The van der Waals surface area contributed by atoms with Crippen molar-refractivity contribution < 1.29 is 54.0 Å². The van der Waals surface area contributed by atoms with Gasteiger partial charge in [0, 0.05) is 6.42 Å². The van der Waals surface area contributed by atoms with Gasteiger partial charge in [-0.2, -0.15) is 0 Å². The highest BCUT2D eigenvalue weighted by Crippen LogP contribution is 2.02. The standard InChI is InChI=1S/C16H25N5O11/c17-6(3-11(24)25)13(28)21-9(5-22)15(30)19-7(1-2-10(18)23)14(29)20-8(16(31)32)4-12(26)27/h6-9,22H,1-5,17H2,(H2,18,23)(H,19,30)(H,20,29)(H,21,28)(H,24,25)(H,26,27)(H,31,32). The number of nitrogens with one attached hydrogen (secondary N) is 3. The average molecular weight is 463 g/mol. The minimum absolute atomic E-state index is 0.420. The largest absolute Gasteiger partial charge is 0.481 e. The molecular weight excluding hydrogens is 438 g/mol. The number of hydrogen-bond acceptors (Lipinski definition) is 9. The summed E-state index contributed by atoms with van der Waals surface area (Å²) in [6.45, 7) is -0.988. The number of rotatable bonds is 15. The third-order valence-electron chi connectivity index (χ3n) is 3.85. The molecule has 0 aromatic rings. The molecule has 0 aromatic heterocycles. The lowest BCUT2D eigenvalue weighted by Gasteiger charge is -2.23. The summed E-state index contributed by atoms with van der Waals surface area (Å²) in [5.74, 6) is -8.88. The fourth-order valence-corrected chi connectivity index (χ4v) is 2.23. The zero-order valence-electron chi connectivity index (χ0n) is 16.6. The first-order chi connectivity index (χ1) is 14.8. The van der Waals surface area contributed by atoms with Crippen LogP contribution < -0.4 is 27.4 Å². The van der Waals surface area contributed by atoms with Gasteiger partial charge in [0.1, 0.15) is 18.1 Å². The molecule has 16 nitrogen and oxygen atoms in total. The van der Waals surface area contributed by atoms with E-state index >= 15 is 0 Å². The van der Waals surface area contributed by atoms with E-state index in [1.807, 2.05) is 10.6 Å². The number of aliphatic hydroxyl groups is 1. The third kappa shape index (κ3) is 10.8. The van der Waals surface area contributed by atoms with E-state index in [0.717, 1.165) is 0 Å². The van der Waals surface area contributed by atoms with Crippen molar-refractivity contribution in [3.05, 3.63) is 0 Å². The Morgan fingerprint density at radius 2 is 1.19 bits per heavy atom. The van der Waals surface area contributed by atoms with E-state index in [0.29, 0.717) is 0 Å². The quantitative estimate of drug-likeness (QED) is 0.110. The van der Waals surface area contributed by atoms with Gasteiger partial charge in [-0.25, -0.2) is 4.79 Å². The highest BCUT2D eigenvalue weighted by molar-refractivity contribution is 5.95. The van der Waals surface area contributed by atoms with Gasteiger partial charge in [0.25, 0.3) is 0 Å². The molecule has 0 aliphatic rings. The summed E-state index contributed by atoms with van der Waals surface area (Å²) < 4.78 is 0. The third-order valence-corrected chi connectivity index (χ3v) is 3.85. The second kappa shape index (κ2) is 13.5. The predicted molar refractivity (Wildman–Crippen MR) is 101 cm³/mol. The molecule has 0 fully saturated rings. The molecule has 0 aliphatic heterocycles. The van der Waals surface area contributed by atoms with Crippen molar-refractivity contribution in [2.45, 2.75) is 49.9 Å². The number of aliphatic carboxylic acids is 3. The van der Waals surface area contributed by atoms with Crippen LogP contribution in [0.2, 0.25) is 0 Å². The van der Waals surface area contributed by atoms with Crippen LogP contribution in [0.15, 0.2) is 0 Å². The maximum Gasteiger partial charge on any atom is 0.326 e. The van der Waals surface area contributed by atoms with Gasteiger partial charge in [-0.05, 0) is 6.42 Å². The lowest BCUT2D eigenvalue weighted by Crippen LogP contribution is -2.58. The molecule has 0 radical (unpaired) electrons. The molecule has 11 N–H and O–H groups in total. The van der Waals surface area contributed by atoms with Crippen LogP contribution in [0.25, 0.3) is 0 Å². The number of primary amides is 1. The van der Waals surface area contributed by atoms with Gasteiger partial charge in [0.15, 0.2) is 0 Å². The van der Waals surface area contributed by atoms with Crippen molar-refractivity contribution in [1.29, 1.82) is 0 Å². The first-order valence-electron chi connectivity index (χ1n) is 9.00. The second-order valence-corrected chi connectivity index (χ2v) is 6.51. The molecule has 4 amide bonds. The van der Waals surface area contributed by atoms with Crippen LogP contribution in [0.5, 0.6) is 0 Å². The van der Waals surface area contributed by atoms with Crippen LogP contribution in [0, 0.1) is 0 Å². The Morgan fingerprint density at radius 1 is 0.719 bits per heavy atom. The molecule has 0 saturated carbocycles. The highest BCUT2D eigenvalue weighted by atomic mass is 16.4. The van der Waals surface area contributed by atoms with E-state index < -0.39 is 98.0 Å². The van der Waals surface area contributed by atoms with Gasteiger partial charge in [-0.3, -0.25) is 28.8 Å². The predicted octanol–water partition coefficient (Wildman–Crippen LogP) is -4.94. The topological polar surface area (TPSA) is 289 Å². The zero-order chi connectivity index (χ0) is 25.0. The zero-order valence-corrected chi connectivity index (χ0v) is 16.6. The molecule has 32 heavy (non-hydrogen) atoms. The van der Waals surface area contributed by atoms with E-state index in [2.05, 4.69) is 5.32 Å². The van der Waals surface area contributed by atoms with Crippen molar-refractivity contribution in [1.82, 2.24) is 16.0 Å². The maximum absolute atomic E-state index is 12.4. The molecule has 0 spiro atoms. The fraction of sp³-hybridized carbons (Fsp3) is 0.562. The van der Waals surface area contributed by atoms with E-state index in [1.54, 1.807) is 0 Å². The van der Waals surface area contributed by atoms with Gasteiger partial charge in [-0.15, -0.1) is 0 Å². The normalized spacial score (nSPS) is 14.2. The molecule has 0 heterocycles. The average Bonchev–Trinajstić information content (AvgIpc) is 2.66. The van der Waals surface area contributed by atoms with Crippen LogP contribution in [0.4, 0.5) is 0 Å². The number of carbonyl (C=O) groups excluding carboxylic acids is 4. The lowest BCUT2D eigenvalue weighted by molar-refractivity contribution is -0.147. The first-order valence-corrected chi connectivity index (χ1v) is 9.00. The lowest BCUT2D eigenvalue weighted by atomic mass is 10.1. The second-order valence-electron chi connectivity index (χ2n) is 6.51. The molecule has 16 heteroatoms. The van der Waals surface area contributed by atoms with E-state index in [1.165, 1.54) is 0 Å². The molecule has 0 rings (SSSR count). The minimum atomic E-state index is -1.85. The number of carboxylic acids is 3. The summed E-state index contributed by atoms with van der Waals surface area (Å²) in [4.78, 5) is 80.1. The smallest absolute Gasteiger partial charge is 0.326 e. The summed E-state index contributed by atoms with van der Waals surface area (Å²) in [7, 11) is 0. The monoisotopic (exact) mass is 463 g/mol. The van der Waals surface area contributed by atoms with E-state index in [-0.39, 0.29) is 0 Å². The Kier molecular flexibility index (Phi) is 11.9. The van der Waals surface area contributed by atoms with Gasteiger partial charge in [-0.1, -0.05) is 0 Å². The van der Waals surface area contributed by atoms with Crippen LogP contribution >= 0.6 is 0 Å². The molecule has 4 atom stereocenters. The van der Waals surface area contributed by atoms with Gasteiger partial charge in [0.05, 0.1) is 25.5 Å². The Morgan fingerprint density at radius 3 is 1.62 bits per heavy atom. The first kappa shape index (κ1) is 28.2. The number of aliphatic hydroxyl groups excluding tert-OH is 1. The van der Waals surface area contributed by atoms with Crippen LogP contribution in [0.1, 0.15) is 25.7 Å². The molecule has 0 bridgehead atoms. The molecular formula is C16H25N5O11. The number of nitrogens with two attached hydrogens (primary N) is 2. The SMILES string of the molecule is NC(=O)CCC(NC(=O)C(CO)NC(=O)C(N)CC(=O)O)C(=O)NC(CC(=O)O)C(=O)O. The highest BCUT2D eigenvalue weighted by Gasteiger charge is 2.31. The summed E-state index contributed by atoms with van der Waals surface area (Å²) >= 11 is 0. The number of carboxylic acid groups (broad SMARTS) is 3. The molecule has 4 unspecified atom stereocenters. The van der Waals surface area contributed by atoms with Gasteiger partial charge >= 0.3 is 17.9 Å². The summed E-state index contributed by atoms with van der Waals surface area (Å²) in [5, 5.41) is 41.7. The number of carbonyl (C=O) groups is 7. The molecule has 0 aliphatic carbocycles. The number of hydrogen-bond donors (Lipinski definition) is 9. The Labute approximate surface area is 180 Å². The fourth-order valence-electron chi connectivity index (χ4n) is 2.23. The van der Waals surface area contributed by atoms with E-state index in [9.17, 15) is 38.7 Å². The van der Waals surface area contributed by atoms with Gasteiger partial charge < -0.3 is 47.8 Å². The van der Waals surface area contributed by atoms with Crippen LogP contribution in [-0.4, -0.2) is 92.7 Å². The minimum Gasteiger partial charge on any atom is -0.481 e. The summed E-state index contributed by atoms with van der Waals surface area (Å²) in [6, 6.07) is -6.67. The summed E-state index contributed by atoms with van der Waals surface area (Å²) in [5.41, 5.74) is 10.3.